The third-order valence-corrected chi connectivity index (χ3v) is 4.33. The average Bonchev–Trinajstić information content (AvgIpc) is 2.88. The lowest BCUT2D eigenvalue weighted by molar-refractivity contribution is -0.119. The molecule has 1 heterocycles. The Morgan fingerprint density at radius 1 is 1.30 bits per heavy atom. The molecule has 0 saturated carbocycles. The van der Waals surface area contributed by atoms with E-state index in [-0.39, 0.29) is 0 Å². The molecule has 0 spiro atoms. The number of nitrogens with zero attached hydrogens (tertiary/aromatic N) is 3. The fraction of sp³-hybridized carbons (Fsp3) is 0.333. The first-order valence-electron chi connectivity index (χ1n) is 6.99. The van der Waals surface area contributed by atoms with Gasteiger partial charge in [0.15, 0.2) is 5.16 Å². The quantitative estimate of drug-likeness (QED) is 0.839. The molecule has 0 aliphatic rings. The summed E-state index contributed by atoms with van der Waals surface area (Å²) in [4.78, 5) is 22.9. The Bertz CT molecular complexity index is 687. The lowest BCUT2D eigenvalue weighted by Gasteiger charge is -2.10. The first-order valence-corrected chi connectivity index (χ1v) is 7.87. The van der Waals surface area contributed by atoms with Crippen LogP contribution in [0, 0.1) is 0 Å². The largest absolute Gasteiger partial charge is 0.453 e. The molecule has 1 N–H and O–H groups in total. The van der Waals surface area contributed by atoms with Crippen LogP contribution >= 0.6 is 11.8 Å². The van der Waals surface area contributed by atoms with E-state index in [0.29, 0.717) is 11.6 Å². The smallest absolute Gasteiger partial charge is 0.413 e. The summed E-state index contributed by atoms with van der Waals surface area (Å²) in [6, 6.07) is 9.95. The van der Waals surface area contributed by atoms with Gasteiger partial charge in [-0.3, -0.25) is 10.1 Å². The van der Waals surface area contributed by atoms with Crippen molar-refractivity contribution >= 4 is 23.8 Å². The number of alkyl carbamates (subject to hydrolysis) is 1. The average molecular weight is 334 g/mol. The molecule has 7 nitrogen and oxygen atoms in total. The lowest BCUT2D eigenvalue weighted by Crippen LogP contribution is -2.35. The molecule has 0 saturated heterocycles. The Labute approximate surface area is 138 Å². The van der Waals surface area contributed by atoms with E-state index in [1.54, 1.807) is 6.92 Å². The molecule has 2 amide bonds. The number of hydrogen-bond donors (Lipinski definition) is 1. The van der Waals surface area contributed by atoms with Crippen molar-refractivity contribution in [2.24, 2.45) is 7.05 Å². The van der Waals surface area contributed by atoms with Gasteiger partial charge in [-0.2, -0.15) is 0 Å². The van der Waals surface area contributed by atoms with Gasteiger partial charge >= 0.3 is 6.09 Å². The third kappa shape index (κ3) is 4.56. The second-order valence-electron chi connectivity index (χ2n) is 4.86. The first-order chi connectivity index (χ1) is 11.0. The zero-order valence-electron chi connectivity index (χ0n) is 13.1. The molecule has 0 aliphatic carbocycles. The van der Waals surface area contributed by atoms with Gasteiger partial charge in [0.2, 0.25) is 5.91 Å². The highest BCUT2D eigenvalue weighted by Crippen LogP contribution is 2.22. The number of ether oxygens (including phenoxy) is 1. The van der Waals surface area contributed by atoms with Crippen molar-refractivity contribution in [3.63, 3.8) is 0 Å². The zero-order chi connectivity index (χ0) is 16.8. The van der Waals surface area contributed by atoms with Crippen LogP contribution < -0.4 is 5.32 Å². The number of carbonyl (C=O) groups excluding carboxylic acids is 2. The van der Waals surface area contributed by atoms with Crippen LogP contribution in [0.2, 0.25) is 0 Å². The maximum Gasteiger partial charge on any atom is 0.413 e. The van der Waals surface area contributed by atoms with Crippen LogP contribution in [-0.4, -0.2) is 39.1 Å². The van der Waals surface area contributed by atoms with Crippen LogP contribution in [0.15, 0.2) is 35.5 Å². The molecule has 0 radical (unpaired) electrons. The SMILES string of the molecule is COC(=O)NC(=O)[C@H](C)Sc1nnc(Cc2ccccc2)n1C. The summed E-state index contributed by atoms with van der Waals surface area (Å²) in [6.45, 7) is 1.69. The van der Waals surface area contributed by atoms with E-state index in [1.807, 2.05) is 41.9 Å². The first kappa shape index (κ1) is 17.0. The lowest BCUT2D eigenvalue weighted by atomic mass is 10.1. The summed E-state index contributed by atoms with van der Waals surface area (Å²) in [5, 5.41) is 10.5. The van der Waals surface area contributed by atoms with Gasteiger partial charge in [-0.15, -0.1) is 10.2 Å². The highest BCUT2D eigenvalue weighted by atomic mass is 32.2. The fourth-order valence-electron chi connectivity index (χ4n) is 1.84. The van der Waals surface area contributed by atoms with Crippen LogP contribution in [0.1, 0.15) is 18.3 Å². The Morgan fingerprint density at radius 3 is 2.65 bits per heavy atom. The fourth-order valence-corrected chi connectivity index (χ4v) is 2.68. The second kappa shape index (κ2) is 7.77. The molecule has 2 aromatic rings. The van der Waals surface area contributed by atoms with Crippen LogP contribution in [0.3, 0.4) is 0 Å². The third-order valence-electron chi connectivity index (χ3n) is 3.19. The van der Waals surface area contributed by atoms with Crippen LogP contribution in [0.25, 0.3) is 0 Å². The van der Waals surface area contributed by atoms with Gasteiger partial charge in [-0.25, -0.2) is 4.79 Å². The van der Waals surface area contributed by atoms with Gasteiger partial charge in [0, 0.05) is 13.5 Å². The summed E-state index contributed by atoms with van der Waals surface area (Å²) >= 11 is 1.23. The maximum atomic E-state index is 11.8. The van der Waals surface area contributed by atoms with E-state index in [9.17, 15) is 9.59 Å². The predicted octanol–water partition coefficient (Wildman–Crippen LogP) is 1.77. The Balaban J connectivity index is 2.01. The minimum Gasteiger partial charge on any atom is -0.453 e. The molecule has 8 heteroatoms. The number of hydrogen-bond acceptors (Lipinski definition) is 6. The van der Waals surface area contributed by atoms with Crippen molar-refractivity contribution in [1.82, 2.24) is 20.1 Å². The monoisotopic (exact) mass is 334 g/mol. The highest BCUT2D eigenvalue weighted by molar-refractivity contribution is 8.00. The topological polar surface area (TPSA) is 86.1 Å². The van der Waals surface area contributed by atoms with E-state index < -0.39 is 17.3 Å². The molecule has 1 atom stereocenters. The normalized spacial score (nSPS) is 11.8. The molecule has 0 fully saturated rings. The molecule has 1 aromatic carbocycles. The summed E-state index contributed by atoms with van der Waals surface area (Å²) < 4.78 is 6.25. The number of thioether (sulfide) groups is 1. The molecule has 0 bridgehead atoms. The Hall–Kier alpha value is -2.35. The van der Waals surface area contributed by atoms with E-state index in [2.05, 4.69) is 20.3 Å². The number of imide groups is 1. The molecule has 0 unspecified atom stereocenters. The van der Waals surface area contributed by atoms with Gasteiger partial charge in [-0.05, 0) is 12.5 Å². The summed E-state index contributed by atoms with van der Waals surface area (Å²) in [7, 11) is 3.06. The van der Waals surface area contributed by atoms with Crippen molar-refractivity contribution in [3.8, 4) is 0 Å². The number of nitrogens with one attached hydrogen (secondary N) is 1. The van der Waals surface area contributed by atoms with Crippen molar-refractivity contribution in [2.75, 3.05) is 7.11 Å². The number of carbonyl (C=O) groups is 2. The van der Waals surface area contributed by atoms with Gasteiger partial charge in [0.05, 0.1) is 12.4 Å². The van der Waals surface area contributed by atoms with Crippen LogP contribution in [-0.2, 0) is 23.0 Å². The van der Waals surface area contributed by atoms with Gasteiger partial charge < -0.3 is 9.30 Å². The van der Waals surface area contributed by atoms with E-state index in [4.69, 9.17) is 0 Å². The predicted molar refractivity (Wildman–Crippen MR) is 86.1 cm³/mol. The molecule has 1 aromatic heterocycles. The number of aromatic nitrogens is 3. The maximum absolute atomic E-state index is 11.8. The molecule has 122 valence electrons. The number of methoxy groups -OCH3 is 1. The van der Waals surface area contributed by atoms with Gasteiger partial charge in [0.25, 0.3) is 0 Å². The van der Waals surface area contributed by atoms with E-state index >= 15 is 0 Å². The molecular weight excluding hydrogens is 316 g/mol. The minimum absolute atomic E-state index is 0.436. The van der Waals surface area contributed by atoms with Crippen molar-refractivity contribution in [1.29, 1.82) is 0 Å². The molecular formula is C15H18N4O3S. The Morgan fingerprint density at radius 2 is 2.00 bits per heavy atom. The standard InChI is InChI=1S/C15H18N4O3S/c1-10(13(20)16-15(21)22-3)23-14-18-17-12(19(14)2)9-11-7-5-4-6-8-11/h4-8,10H,9H2,1-3H3,(H,16,20,21)/t10-/m0/s1. The van der Waals surface area contributed by atoms with Crippen molar-refractivity contribution in [3.05, 3.63) is 41.7 Å². The zero-order valence-corrected chi connectivity index (χ0v) is 14.0. The number of benzene rings is 1. The summed E-state index contributed by atoms with van der Waals surface area (Å²) in [5.74, 6) is 0.369. The molecule has 2 rings (SSSR count). The van der Waals surface area contributed by atoms with E-state index in [0.717, 1.165) is 11.4 Å². The second-order valence-corrected chi connectivity index (χ2v) is 6.17. The van der Waals surface area contributed by atoms with Gasteiger partial charge in [-0.1, -0.05) is 42.1 Å². The van der Waals surface area contributed by atoms with Gasteiger partial charge in [0.1, 0.15) is 5.82 Å². The molecule has 23 heavy (non-hydrogen) atoms. The van der Waals surface area contributed by atoms with Crippen molar-refractivity contribution < 1.29 is 14.3 Å². The number of rotatable bonds is 5. The van der Waals surface area contributed by atoms with Crippen molar-refractivity contribution in [2.45, 2.75) is 23.8 Å². The Kier molecular flexibility index (Phi) is 5.75. The summed E-state index contributed by atoms with van der Waals surface area (Å²) in [5.41, 5.74) is 1.14. The highest BCUT2D eigenvalue weighted by Gasteiger charge is 2.20. The van der Waals surface area contributed by atoms with E-state index in [1.165, 1.54) is 18.9 Å². The molecule has 0 aliphatic heterocycles. The van der Waals surface area contributed by atoms with Crippen LogP contribution in [0.4, 0.5) is 4.79 Å². The minimum atomic E-state index is -0.773. The summed E-state index contributed by atoms with van der Waals surface area (Å²) in [6.07, 6.45) is -0.113. The van der Waals surface area contributed by atoms with Crippen LogP contribution in [0.5, 0.6) is 0 Å². The number of amides is 2.